The van der Waals surface area contributed by atoms with Crippen molar-refractivity contribution >= 4 is 11.9 Å². The lowest BCUT2D eigenvalue weighted by atomic mass is 10.1. The number of carbonyl (C=O) groups excluding carboxylic acids is 2. The Bertz CT molecular complexity index is 457. The van der Waals surface area contributed by atoms with E-state index in [1.165, 1.54) is 0 Å². The van der Waals surface area contributed by atoms with Crippen LogP contribution in [0.5, 0.6) is 0 Å². The lowest BCUT2D eigenvalue weighted by Gasteiger charge is -2.13. The van der Waals surface area contributed by atoms with Crippen LogP contribution in [-0.4, -0.2) is 37.6 Å². The van der Waals surface area contributed by atoms with E-state index >= 15 is 0 Å². The van der Waals surface area contributed by atoms with Crippen molar-refractivity contribution in [1.82, 2.24) is 10.6 Å². The molecule has 0 saturated carbocycles. The molecule has 5 heteroatoms. The standard InChI is InChI=1S/C16H24N2O3/c1-4-21-15(19)11-13(3)17-9-10-18-16(20)14-7-5-12(2)6-8-14/h5-8,13,17H,4,9-11H2,1-3H3,(H,18,20). The number of amides is 1. The molecule has 1 aromatic rings. The fourth-order valence-corrected chi connectivity index (χ4v) is 1.84. The summed E-state index contributed by atoms with van der Waals surface area (Å²) in [6.45, 7) is 7.21. The first-order valence-corrected chi connectivity index (χ1v) is 7.26. The third-order valence-corrected chi connectivity index (χ3v) is 3.00. The summed E-state index contributed by atoms with van der Waals surface area (Å²) in [6, 6.07) is 7.46. The molecular weight excluding hydrogens is 268 g/mol. The minimum Gasteiger partial charge on any atom is -0.466 e. The zero-order valence-corrected chi connectivity index (χ0v) is 12.9. The van der Waals surface area contributed by atoms with Crippen molar-refractivity contribution in [3.8, 4) is 0 Å². The lowest BCUT2D eigenvalue weighted by Crippen LogP contribution is -2.36. The number of aryl methyl sites for hydroxylation is 1. The van der Waals surface area contributed by atoms with Crippen LogP contribution >= 0.6 is 0 Å². The molecule has 0 aliphatic rings. The van der Waals surface area contributed by atoms with Gasteiger partial charge in [-0.3, -0.25) is 9.59 Å². The summed E-state index contributed by atoms with van der Waals surface area (Å²) in [4.78, 5) is 23.1. The minimum atomic E-state index is -0.207. The van der Waals surface area contributed by atoms with Crippen molar-refractivity contribution in [2.24, 2.45) is 0 Å². The van der Waals surface area contributed by atoms with Crippen LogP contribution in [0, 0.1) is 6.92 Å². The maximum Gasteiger partial charge on any atom is 0.307 e. The topological polar surface area (TPSA) is 67.4 Å². The van der Waals surface area contributed by atoms with Crippen LogP contribution in [-0.2, 0) is 9.53 Å². The number of esters is 1. The van der Waals surface area contributed by atoms with Crippen LogP contribution < -0.4 is 10.6 Å². The molecule has 0 aromatic heterocycles. The molecule has 5 nitrogen and oxygen atoms in total. The zero-order valence-electron chi connectivity index (χ0n) is 12.9. The van der Waals surface area contributed by atoms with Gasteiger partial charge in [0.1, 0.15) is 0 Å². The third kappa shape index (κ3) is 6.90. The highest BCUT2D eigenvalue weighted by molar-refractivity contribution is 5.94. The Labute approximate surface area is 126 Å². The monoisotopic (exact) mass is 292 g/mol. The van der Waals surface area contributed by atoms with E-state index in [1.54, 1.807) is 6.92 Å². The van der Waals surface area contributed by atoms with E-state index in [9.17, 15) is 9.59 Å². The molecule has 2 N–H and O–H groups in total. The minimum absolute atomic E-state index is 0.0281. The molecule has 0 fully saturated rings. The van der Waals surface area contributed by atoms with E-state index in [0.717, 1.165) is 5.56 Å². The Hall–Kier alpha value is -1.88. The van der Waals surface area contributed by atoms with Crippen LogP contribution in [0.1, 0.15) is 36.2 Å². The first-order chi connectivity index (χ1) is 10.0. The number of benzene rings is 1. The molecule has 0 radical (unpaired) electrons. The number of hydrogen-bond donors (Lipinski definition) is 2. The summed E-state index contributed by atoms with van der Waals surface area (Å²) in [5.41, 5.74) is 1.78. The summed E-state index contributed by atoms with van der Waals surface area (Å²) < 4.78 is 4.88. The van der Waals surface area contributed by atoms with E-state index in [1.807, 2.05) is 38.1 Å². The van der Waals surface area contributed by atoms with Gasteiger partial charge in [-0.15, -0.1) is 0 Å². The normalized spacial score (nSPS) is 11.8. The Balaban J connectivity index is 2.20. The molecular formula is C16H24N2O3. The van der Waals surface area contributed by atoms with Gasteiger partial charge in [0, 0.05) is 24.7 Å². The van der Waals surface area contributed by atoms with Crippen LogP contribution in [0.25, 0.3) is 0 Å². The molecule has 0 saturated heterocycles. The Kier molecular flexibility index (Phi) is 7.46. The van der Waals surface area contributed by atoms with Gasteiger partial charge in [0.25, 0.3) is 5.91 Å². The van der Waals surface area contributed by atoms with Crippen molar-refractivity contribution in [2.45, 2.75) is 33.2 Å². The van der Waals surface area contributed by atoms with Crippen LogP contribution in [0.15, 0.2) is 24.3 Å². The van der Waals surface area contributed by atoms with Crippen molar-refractivity contribution in [2.75, 3.05) is 19.7 Å². The number of rotatable bonds is 8. The summed E-state index contributed by atoms with van der Waals surface area (Å²) in [5.74, 6) is -0.295. The van der Waals surface area contributed by atoms with E-state index in [2.05, 4.69) is 10.6 Å². The molecule has 0 bridgehead atoms. The van der Waals surface area contributed by atoms with Crippen LogP contribution in [0.3, 0.4) is 0 Å². The van der Waals surface area contributed by atoms with Crippen LogP contribution in [0.2, 0.25) is 0 Å². The first kappa shape index (κ1) is 17.2. The maximum absolute atomic E-state index is 11.9. The molecule has 1 amide bonds. The molecule has 0 heterocycles. The van der Waals surface area contributed by atoms with E-state index in [4.69, 9.17) is 4.74 Å². The van der Waals surface area contributed by atoms with Gasteiger partial charge in [0.15, 0.2) is 0 Å². The fourth-order valence-electron chi connectivity index (χ4n) is 1.84. The Morgan fingerprint density at radius 2 is 1.86 bits per heavy atom. The second-order valence-corrected chi connectivity index (χ2v) is 4.99. The molecule has 1 rings (SSSR count). The maximum atomic E-state index is 11.9. The van der Waals surface area contributed by atoms with Gasteiger partial charge in [-0.05, 0) is 32.9 Å². The largest absolute Gasteiger partial charge is 0.466 e. The highest BCUT2D eigenvalue weighted by Gasteiger charge is 2.09. The van der Waals surface area contributed by atoms with Crippen molar-refractivity contribution in [3.05, 3.63) is 35.4 Å². The van der Waals surface area contributed by atoms with Gasteiger partial charge < -0.3 is 15.4 Å². The molecule has 0 aliphatic carbocycles. The number of nitrogens with one attached hydrogen (secondary N) is 2. The average molecular weight is 292 g/mol. The van der Waals surface area contributed by atoms with Gasteiger partial charge in [-0.1, -0.05) is 17.7 Å². The second-order valence-electron chi connectivity index (χ2n) is 4.99. The molecule has 1 atom stereocenters. The number of hydrogen-bond acceptors (Lipinski definition) is 4. The van der Waals surface area contributed by atoms with Gasteiger partial charge in [-0.25, -0.2) is 0 Å². The zero-order chi connectivity index (χ0) is 15.7. The smallest absolute Gasteiger partial charge is 0.307 e. The van der Waals surface area contributed by atoms with Gasteiger partial charge in [-0.2, -0.15) is 0 Å². The SMILES string of the molecule is CCOC(=O)CC(C)NCCNC(=O)c1ccc(C)cc1. The van der Waals surface area contributed by atoms with E-state index < -0.39 is 0 Å². The quantitative estimate of drug-likeness (QED) is 0.565. The average Bonchev–Trinajstić information content (AvgIpc) is 2.44. The summed E-state index contributed by atoms with van der Waals surface area (Å²) in [5, 5.41) is 6.01. The van der Waals surface area contributed by atoms with Gasteiger partial charge in [0.05, 0.1) is 13.0 Å². The van der Waals surface area contributed by atoms with Crippen LogP contribution in [0.4, 0.5) is 0 Å². The van der Waals surface area contributed by atoms with E-state index in [-0.39, 0.29) is 17.9 Å². The first-order valence-electron chi connectivity index (χ1n) is 7.26. The second kappa shape index (κ2) is 9.13. The molecule has 1 unspecified atom stereocenters. The third-order valence-electron chi connectivity index (χ3n) is 3.00. The predicted molar refractivity (Wildman–Crippen MR) is 82.2 cm³/mol. The Morgan fingerprint density at radius 1 is 1.19 bits per heavy atom. The summed E-state index contributed by atoms with van der Waals surface area (Å²) in [6.07, 6.45) is 0.333. The lowest BCUT2D eigenvalue weighted by molar-refractivity contribution is -0.143. The van der Waals surface area contributed by atoms with Crippen molar-refractivity contribution in [1.29, 1.82) is 0 Å². The van der Waals surface area contributed by atoms with Crippen molar-refractivity contribution in [3.63, 3.8) is 0 Å². The number of ether oxygens (including phenoxy) is 1. The highest BCUT2D eigenvalue weighted by atomic mass is 16.5. The predicted octanol–water partition coefficient (Wildman–Crippen LogP) is 1.66. The fraction of sp³-hybridized carbons (Fsp3) is 0.500. The summed E-state index contributed by atoms with van der Waals surface area (Å²) >= 11 is 0. The molecule has 21 heavy (non-hydrogen) atoms. The molecule has 0 aliphatic heterocycles. The van der Waals surface area contributed by atoms with Crippen molar-refractivity contribution < 1.29 is 14.3 Å². The molecule has 116 valence electrons. The summed E-state index contributed by atoms with van der Waals surface area (Å²) in [7, 11) is 0. The number of carbonyl (C=O) groups is 2. The van der Waals surface area contributed by atoms with Gasteiger partial charge in [0.2, 0.25) is 0 Å². The molecule has 1 aromatic carbocycles. The molecule has 0 spiro atoms. The van der Waals surface area contributed by atoms with E-state index in [0.29, 0.717) is 31.7 Å². The highest BCUT2D eigenvalue weighted by Crippen LogP contribution is 2.02. The van der Waals surface area contributed by atoms with Gasteiger partial charge >= 0.3 is 5.97 Å². The Morgan fingerprint density at radius 3 is 2.48 bits per heavy atom.